The molecule has 0 radical (unpaired) electrons. The summed E-state index contributed by atoms with van der Waals surface area (Å²) in [7, 11) is 0. The van der Waals surface area contributed by atoms with Crippen LogP contribution in [-0.2, 0) is 4.79 Å². The number of hydrogen-bond acceptors (Lipinski definition) is 4. The van der Waals surface area contributed by atoms with Crippen molar-refractivity contribution >= 4 is 57.6 Å². The summed E-state index contributed by atoms with van der Waals surface area (Å²) >= 11 is 13.4. The van der Waals surface area contributed by atoms with Crippen molar-refractivity contribution in [2.45, 2.75) is 20.8 Å². The molecule has 2 heterocycles. The molecule has 4 nitrogen and oxygen atoms in total. The van der Waals surface area contributed by atoms with E-state index in [1.807, 2.05) is 69.3 Å². The molecule has 1 saturated heterocycles. The van der Waals surface area contributed by atoms with Gasteiger partial charge in [0.25, 0.3) is 5.91 Å². The molecule has 1 aliphatic heterocycles. The second-order valence-electron chi connectivity index (χ2n) is 6.84. The SMILES string of the molecule is Cc1ccc(N2C(=O)C(=Cc3c(C)nn(-c4ccccc4)c3Cl)SC2=S)c(C)c1. The molecule has 0 bridgehead atoms. The minimum Gasteiger partial charge on any atom is -0.268 e. The molecule has 4 rings (SSSR count). The van der Waals surface area contributed by atoms with Crippen molar-refractivity contribution in [3.05, 3.63) is 81.0 Å². The zero-order chi connectivity index (χ0) is 20.7. The predicted molar refractivity (Wildman–Crippen MR) is 125 cm³/mol. The molecule has 1 aliphatic rings. The number of aromatic nitrogens is 2. The summed E-state index contributed by atoms with van der Waals surface area (Å²) < 4.78 is 2.19. The van der Waals surface area contributed by atoms with Crippen LogP contribution >= 0.6 is 35.6 Å². The fourth-order valence-electron chi connectivity index (χ4n) is 3.28. The summed E-state index contributed by atoms with van der Waals surface area (Å²) in [6.45, 7) is 5.88. The Hall–Kier alpha value is -2.41. The average molecular weight is 440 g/mol. The third kappa shape index (κ3) is 3.64. The van der Waals surface area contributed by atoms with Gasteiger partial charge in [0.05, 0.1) is 22.0 Å². The third-order valence-corrected chi connectivity index (χ3v) is 6.38. The lowest BCUT2D eigenvalue weighted by Gasteiger charge is -2.17. The van der Waals surface area contributed by atoms with Crippen LogP contribution in [0.2, 0.25) is 5.15 Å². The molecule has 3 aromatic rings. The maximum Gasteiger partial charge on any atom is 0.270 e. The Kier molecular flexibility index (Phi) is 5.34. The van der Waals surface area contributed by atoms with E-state index in [9.17, 15) is 4.79 Å². The molecule has 0 aliphatic carbocycles. The molecule has 146 valence electrons. The topological polar surface area (TPSA) is 38.1 Å². The summed E-state index contributed by atoms with van der Waals surface area (Å²) in [5, 5.41) is 5.00. The van der Waals surface area contributed by atoms with Gasteiger partial charge in [0.1, 0.15) is 5.15 Å². The second kappa shape index (κ2) is 7.78. The third-order valence-electron chi connectivity index (χ3n) is 4.71. The van der Waals surface area contributed by atoms with E-state index in [0.717, 1.165) is 33.8 Å². The highest BCUT2D eigenvalue weighted by molar-refractivity contribution is 8.27. The summed E-state index contributed by atoms with van der Waals surface area (Å²) in [5.74, 6) is -0.144. The summed E-state index contributed by atoms with van der Waals surface area (Å²) in [5.41, 5.74) is 5.29. The summed E-state index contributed by atoms with van der Waals surface area (Å²) in [6.07, 6.45) is 1.78. The van der Waals surface area contributed by atoms with Gasteiger partial charge in [0, 0.05) is 5.56 Å². The van der Waals surface area contributed by atoms with E-state index in [1.165, 1.54) is 11.8 Å². The summed E-state index contributed by atoms with van der Waals surface area (Å²) in [4.78, 5) is 15.3. The molecule has 29 heavy (non-hydrogen) atoms. The van der Waals surface area contributed by atoms with Crippen molar-refractivity contribution in [3.63, 3.8) is 0 Å². The fraction of sp³-hybridized carbons (Fsp3) is 0.136. The lowest BCUT2D eigenvalue weighted by atomic mass is 10.1. The molecular weight excluding hydrogens is 422 g/mol. The monoisotopic (exact) mass is 439 g/mol. The fourth-order valence-corrected chi connectivity index (χ4v) is 4.87. The van der Waals surface area contributed by atoms with Gasteiger partial charge in [-0.2, -0.15) is 5.10 Å². The maximum atomic E-state index is 13.1. The van der Waals surface area contributed by atoms with Gasteiger partial charge < -0.3 is 0 Å². The molecule has 0 N–H and O–H groups in total. The predicted octanol–water partition coefficient (Wildman–Crippen LogP) is 5.86. The first-order valence-corrected chi connectivity index (χ1v) is 10.6. The van der Waals surface area contributed by atoms with Gasteiger partial charge in [-0.05, 0) is 50.6 Å². The Balaban J connectivity index is 1.72. The first kappa shape index (κ1) is 19.9. The number of anilines is 1. The van der Waals surface area contributed by atoms with Crippen LogP contribution < -0.4 is 4.90 Å². The van der Waals surface area contributed by atoms with E-state index < -0.39 is 0 Å². The van der Waals surface area contributed by atoms with Crippen molar-refractivity contribution in [2.24, 2.45) is 0 Å². The zero-order valence-corrected chi connectivity index (χ0v) is 18.5. The first-order valence-electron chi connectivity index (χ1n) is 9.02. The van der Waals surface area contributed by atoms with Gasteiger partial charge in [-0.3, -0.25) is 9.69 Å². The standard InChI is InChI=1S/C22H18ClN3OS2/c1-13-9-10-18(14(2)11-13)25-21(27)19(29-22(25)28)12-17-15(3)24-26(20(17)23)16-7-5-4-6-8-16/h4-12H,1-3H3. The molecule has 1 fully saturated rings. The van der Waals surface area contributed by atoms with Crippen LogP contribution in [0.1, 0.15) is 22.4 Å². The van der Waals surface area contributed by atoms with E-state index in [2.05, 4.69) is 5.10 Å². The number of benzene rings is 2. The Morgan fingerprint density at radius 1 is 1.10 bits per heavy atom. The number of carbonyl (C=O) groups excluding carboxylic acids is 1. The smallest absolute Gasteiger partial charge is 0.268 e. The van der Waals surface area contributed by atoms with Gasteiger partial charge >= 0.3 is 0 Å². The van der Waals surface area contributed by atoms with E-state index in [0.29, 0.717) is 14.4 Å². The van der Waals surface area contributed by atoms with Crippen molar-refractivity contribution in [1.29, 1.82) is 0 Å². The van der Waals surface area contributed by atoms with Crippen LogP contribution in [0.5, 0.6) is 0 Å². The van der Waals surface area contributed by atoms with Crippen LogP contribution in [0.25, 0.3) is 11.8 Å². The van der Waals surface area contributed by atoms with Crippen molar-refractivity contribution in [2.75, 3.05) is 4.90 Å². The molecular formula is C22H18ClN3OS2. The highest BCUT2D eigenvalue weighted by Gasteiger charge is 2.34. The lowest BCUT2D eigenvalue weighted by Crippen LogP contribution is -2.28. The molecule has 2 aromatic carbocycles. The number of carbonyl (C=O) groups is 1. The number of para-hydroxylation sites is 1. The Morgan fingerprint density at radius 3 is 2.52 bits per heavy atom. The first-order chi connectivity index (χ1) is 13.9. The molecule has 0 atom stereocenters. The second-order valence-corrected chi connectivity index (χ2v) is 8.88. The number of nitrogens with zero attached hydrogens (tertiary/aromatic N) is 3. The van der Waals surface area contributed by atoms with Gasteiger partial charge in [-0.15, -0.1) is 0 Å². The molecule has 1 amide bonds. The van der Waals surface area contributed by atoms with Crippen molar-refractivity contribution in [1.82, 2.24) is 9.78 Å². The number of thiocarbonyl (C=S) groups is 1. The Bertz CT molecular complexity index is 1170. The lowest BCUT2D eigenvalue weighted by molar-refractivity contribution is -0.113. The van der Waals surface area contributed by atoms with E-state index in [1.54, 1.807) is 15.7 Å². The van der Waals surface area contributed by atoms with Crippen LogP contribution in [-0.4, -0.2) is 20.0 Å². The molecule has 0 spiro atoms. The normalized spacial score (nSPS) is 15.6. The molecule has 0 saturated carbocycles. The largest absolute Gasteiger partial charge is 0.270 e. The van der Waals surface area contributed by atoms with E-state index >= 15 is 0 Å². The number of aryl methyl sites for hydroxylation is 3. The average Bonchev–Trinajstić information content (AvgIpc) is 3.13. The van der Waals surface area contributed by atoms with Crippen molar-refractivity contribution in [3.8, 4) is 5.69 Å². The molecule has 7 heteroatoms. The Labute approximate surface area is 184 Å². The van der Waals surface area contributed by atoms with Gasteiger partial charge in [0.15, 0.2) is 4.32 Å². The van der Waals surface area contributed by atoms with Crippen LogP contribution in [0.3, 0.4) is 0 Å². The minimum absolute atomic E-state index is 0.144. The van der Waals surface area contributed by atoms with E-state index in [4.69, 9.17) is 23.8 Å². The highest BCUT2D eigenvalue weighted by Crippen LogP contribution is 2.38. The number of hydrogen-bond donors (Lipinski definition) is 0. The van der Waals surface area contributed by atoms with Crippen molar-refractivity contribution < 1.29 is 4.79 Å². The summed E-state index contributed by atoms with van der Waals surface area (Å²) in [6, 6.07) is 15.6. The van der Waals surface area contributed by atoms with Crippen LogP contribution in [0.15, 0.2) is 53.4 Å². The van der Waals surface area contributed by atoms with E-state index in [-0.39, 0.29) is 5.91 Å². The number of rotatable bonds is 3. The van der Waals surface area contributed by atoms with Crippen LogP contribution in [0, 0.1) is 20.8 Å². The van der Waals surface area contributed by atoms with Crippen LogP contribution in [0.4, 0.5) is 5.69 Å². The highest BCUT2D eigenvalue weighted by atomic mass is 35.5. The zero-order valence-electron chi connectivity index (χ0n) is 16.1. The van der Waals surface area contributed by atoms with Gasteiger partial charge in [-0.1, -0.05) is 71.5 Å². The molecule has 0 unspecified atom stereocenters. The van der Waals surface area contributed by atoms with Gasteiger partial charge in [0.2, 0.25) is 0 Å². The minimum atomic E-state index is -0.144. The van der Waals surface area contributed by atoms with Gasteiger partial charge in [-0.25, -0.2) is 4.68 Å². The number of thioether (sulfide) groups is 1. The maximum absolute atomic E-state index is 13.1. The number of halogens is 1. The number of amides is 1. The quantitative estimate of drug-likeness (QED) is 0.378. The molecule has 1 aromatic heterocycles. The Morgan fingerprint density at radius 2 is 1.83 bits per heavy atom.